The van der Waals surface area contributed by atoms with Crippen LogP contribution in [0.5, 0.6) is 5.88 Å². The van der Waals surface area contributed by atoms with Gasteiger partial charge < -0.3 is 25.2 Å². The number of fused-ring (bicyclic) bond motifs is 1. The summed E-state index contributed by atoms with van der Waals surface area (Å²) in [6, 6.07) is 1.53. The van der Waals surface area contributed by atoms with Gasteiger partial charge in [0.15, 0.2) is 0 Å². The predicted octanol–water partition coefficient (Wildman–Crippen LogP) is 3.02. The zero-order valence-corrected chi connectivity index (χ0v) is 20.0. The van der Waals surface area contributed by atoms with Gasteiger partial charge in [-0.2, -0.15) is 0 Å². The Labute approximate surface area is 196 Å². The van der Waals surface area contributed by atoms with Crippen molar-refractivity contribution < 1.29 is 23.8 Å². The molecule has 3 rings (SSSR count). The van der Waals surface area contributed by atoms with Gasteiger partial charge in [0.2, 0.25) is 11.8 Å². The number of aliphatic hydroxyl groups excluding tert-OH is 1. The quantitative estimate of drug-likeness (QED) is 0.413. The summed E-state index contributed by atoms with van der Waals surface area (Å²) in [6.07, 6.45) is 7.55. The molecule has 3 N–H and O–H groups in total. The summed E-state index contributed by atoms with van der Waals surface area (Å²) < 4.78 is 24.6. The predicted molar refractivity (Wildman–Crippen MR) is 125 cm³/mol. The maximum atomic E-state index is 13.4. The fourth-order valence-electron chi connectivity index (χ4n) is 4.61. The van der Waals surface area contributed by atoms with E-state index in [9.17, 15) is 14.3 Å². The van der Waals surface area contributed by atoms with Gasteiger partial charge in [-0.3, -0.25) is 9.18 Å². The van der Waals surface area contributed by atoms with Gasteiger partial charge in [-0.1, -0.05) is 19.9 Å². The minimum absolute atomic E-state index is 0.0521. The lowest BCUT2D eigenvalue weighted by Crippen LogP contribution is -2.52. The molecule has 2 aliphatic rings. The first-order chi connectivity index (χ1) is 15.7. The Morgan fingerprint density at radius 3 is 2.88 bits per heavy atom. The molecule has 7 nitrogen and oxygen atoms in total. The number of halogens is 1. The first kappa shape index (κ1) is 25.6. The van der Waals surface area contributed by atoms with E-state index in [1.54, 1.807) is 12.3 Å². The van der Waals surface area contributed by atoms with Crippen LogP contribution in [0.2, 0.25) is 0 Å². The minimum Gasteiger partial charge on any atom is -0.471 e. The van der Waals surface area contributed by atoms with Crippen LogP contribution in [0, 0.1) is 5.41 Å². The molecular weight excluding hydrogens is 425 g/mol. The SMILES string of the molecule is C=CC[C@H](NC(=O)COC)[C@H](O)CN[C@H]1CC2(CCC2)Oc2ncc(CC(C)(C)CF)cc21. The standard InChI is InChI=1S/C25H38FN3O4/c1-5-7-19(29-22(31)15-32-4)21(30)14-27-20-12-25(8-6-9-25)33-23-18(20)10-17(13-28-23)11-24(2,3)16-26/h5,10,13,19-21,27,30H,1,6-9,11-12,14-16H2,2-4H3,(H,29,31)/t19-,20-,21+/m0/s1. The summed E-state index contributed by atoms with van der Waals surface area (Å²) >= 11 is 0. The molecule has 0 unspecified atom stereocenters. The van der Waals surface area contributed by atoms with E-state index in [1.165, 1.54) is 7.11 Å². The van der Waals surface area contributed by atoms with E-state index in [0.717, 1.165) is 36.8 Å². The van der Waals surface area contributed by atoms with Gasteiger partial charge in [0, 0.05) is 37.9 Å². The topological polar surface area (TPSA) is 92.7 Å². The average Bonchev–Trinajstić information content (AvgIpc) is 2.75. The van der Waals surface area contributed by atoms with Crippen LogP contribution in [0.4, 0.5) is 4.39 Å². The molecule has 8 heteroatoms. The molecule has 1 saturated carbocycles. The van der Waals surface area contributed by atoms with Gasteiger partial charge in [0.1, 0.15) is 12.2 Å². The zero-order chi connectivity index (χ0) is 24.1. The number of methoxy groups -OCH3 is 1. The molecule has 1 aliphatic heterocycles. The van der Waals surface area contributed by atoms with Crippen molar-refractivity contribution in [2.75, 3.05) is 26.9 Å². The van der Waals surface area contributed by atoms with Gasteiger partial charge in [0.05, 0.1) is 18.8 Å². The molecule has 0 radical (unpaired) electrons. The first-order valence-corrected chi connectivity index (χ1v) is 11.8. The molecule has 33 heavy (non-hydrogen) atoms. The van der Waals surface area contributed by atoms with Crippen LogP contribution in [0.15, 0.2) is 24.9 Å². The van der Waals surface area contributed by atoms with Crippen molar-refractivity contribution >= 4 is 5.91 Å². The fourth-order valence-corrected chi connectivity index (χ4v) is 4.61. The minimum atomic E-state index is -0.811. The van der Waals surface area contributed by atoms with Crippen molar-refractivity contribution in [3.63, 3.8) is 0 Å². The lowest BCUT2D eigenvalue weighted by atomic mass is 9.73. The fraction of sp³-hybridized carbons (Fsp3) is 0.680. The second-order valence-corrected chi connectivity index (χ2v) is 10.2. The van der Waals surface area contributed by atoms with Crippen molar-refractivity contribution in [1.82, 2.24) is 15.6 Å². The monoisotopic (exact) mass is 463 g/mol. The maximum Gasteiger partial charge on any atom is 0.246 e. The molecule has 0 aromatic carbocycles. The molecule has 1 fully saturated rings. The van der Waals surface area contributed by atoms with Crippen LogP contribution in [0.1, 0.15) is 63.1 Å². The van der Waals surface area contributed by atoms with Crippen LogP contribution < -0.4 is 15.4 Å². The summed E-state index contributed by atoms with van der Waals surface area (Å²) in [5.74, 6) is 0.336. The molecular formula is C25H38FN3O4. The molecule has 1 aromatic rings. The lowest BCUT2D eigenvalue weighted by Gasteiger charge is -2.47. The third kappa shape index (κ3) is 6.52. The van der Waals surface area contributed by atoms with Crippen LogP contribution in [-0.4, -0.2) is 60.7 Å². The van der Waals surface area contributed by atoms with E-state index in [1.807, 2.05) is 13.8 Å². The second kappa shape index (κ2) is 10.9. The van der Waals surface area contributed by atoms with Gasteiger partial charge in [-0.05, 0) is 49.1 Å². The van der Waals surface area contributed by atoms with E-state index in [2.05, 4.69) is 28.3 Å². The van der Waals surface area contributed by atoms with Crippen molar-refractivity contribution in [3.05, 3.63) is 36.0 Å². The number of hydrogen-bond donors (Lipinski definition) is 3. The number of pyridine rings is 1. The average molecular weight is 464 g/mol. The largest absolute Gasteiger partial charge is 0.471 e. The third-order valence-corrected chi connectivity index (χ3v) is 6.59. The van der Waals surface area contributed by atoms with Crippen molar-refractivity contribution in [2.45, 2.75) is 76.2 Å². The highest BCUT2D eigenvalue weighted by molar-refractivity contribution is 5.77. The van der Waals surface area contributed by atoms with Crippen molar-refractivity contribution in [1.29, 1.82) is 0 Å². The molecule has 0 saturated heterocycles. The number of amides is 1. The smallest absolute Gasteiger partial charge is 0.246 e. The Bertz CT molecular complexity index is 828. The number of hydrogen-bond acceptors (Lipinski definition) is 6. The Balaban J connectivity index is 1.74. The van der Waals surface area contributed by atoms with Crippen LogP contribution >= 0.6 is 0 Å². The number of aliphatic hydroxyl groups is 1. The molecule has 1 aliphatic carbocycles. The van der Waals surface area contributed by atoms with Crippen molar-refractivity contribution in [2.24, 2.45) is 5.41 Å². The number of ether oxygens (including phenoxy) is 2. The van der Waals surface area contributed by atoms with Gasteiger partial charge >= 0.3 is 0 Å². The molecule has 1 amide bonds. The highest BCUT2D eigenvalue weighted by Gasteiger charge is 2.46. The molecule has 184 valence electrons. The van der Waals surface area contributed by atoms with Crippen LogP contribution in [0.25, 0.3) is 0 Å². The summed E-state index contributed by atoms with van der Waals surface area (Å²) in [5.41, 5.74) is 1.23. The highest BCUT2D eigenvalue weighted by Crippen LogP contribution is 2.48. The van der Waals surface area contributed by atoms with Gasteiger partial charge in [-0.15, -0.1) is 6.58 Å². The van der Waals surface area contributed by atoms with Crippen LogP contribution in [0.3, 0.4) is 0 Å². The molecule has 3 atom stereocenters. The zero-order valence-electron chi connectivity index (χ0n) is 20.0. The second-order valence-electron chi connectivity index (χ2n) is 10.2. The molecule has 2 heterocycles. The summed E-state index contributed by atoms with van der Waals surface area (Å²) in [4.78, 5) is 16.5. The Morgan fingerprint density at radius 2 is 2.27 bits per heavy atom. The lowest BCUT2D eigenvalue weighted by molar-refractivity contribution is -0.126. The van der Waals surface area contributed by atoms with E-state index < -0.39 is 24.2 Å². The first-order valence-electron chi connectivity index (χ1n) is 11.8. The normalized spacial score (nSPS) is 20.8. The number of rotatable bonds is 12. The number of nitrogens with zero attached hydrogens (tertiary/aromatic N) is 1. The Morgan fingerprint density at radius 1 is 1.52 bits per heavy atom. The van der Waals surface area contributed by atoms with Gasteiger partial charge in [0.25, 0.3) is 0 Å². The number of nitrogens with one attached hydrogen (secondary N) is 2. The van der Waals surface area contributed by atoms with E-state index in [4.69, 9.17) is 9.47 Å². The van der Waals surface area contributed by atoms with E-state index in [0.29, 0.717) is 18.7 Å². The number of carbonyl (C=O) groups is 1. The van der Waals surface area contributed by atoms with Gasteiger partial charge in [-0.25, -0.2) is 4.98 Å². The molecule has 1 aromatic heterocycles. The van der Waals surface area contributed by atoms with Crippen molar-refractivity contribution in [3.8, 4) is 5.88 Å². The Hall–Kier alpha value is -2.03. The Kier molecular flexibility index (Phi) is 8.48. The number of aromatic nitrogens is 1. The summed E-state index contributed by atoms with van der Waals surface area (Å²) in [6.45, 7) is 7.35. The molecule has 0 bridgehead atoms. The number of carbonyl (C=O) groups excluding carboxylic acids is 1. The van der Waals surface area contributed by atoms with Crippen LogP contribution in [-0.2, 0) is 16.0 Å². The van der Waals surface area contributed by atoms with E-state index >= 15 is 0 Å². The highest BCUT2D eigenvalue weighted by atomic mass is 19.1. The summed E-state index contributed by atoms with van der Waals surface area (Å²) in [5, 5.41) is 17.1. The van der Waals surface area contributed by atoms with E-state index in [-0.39, 0.29) is 30.7 Å². The summed E-state index contributed by atoms with van der Waals surface area (Å²) in [7, 11) is 1.45. The maximum absolute atomic E-state index is 13.4. The third-order valence-electron chi connectivity index (χ3n) is 6.59. The number of alkyl halides is 1. The molecule has 1 spiro atoms.